The SMILES string of the molecule is C[C@@H]1C[C@H](C)CN([S+]([O-])c2ccc3c(NO)c4ccc(S(=O)(=O)N5C[C@H](C)C[C@H](C)C5)cc4c(N=O)c3c2)C1. The second kappa shape index (κ2) is 10.9. The molecule has 39 heavy (non-hydrogen) atoms. The van der Waals surface area contributed by atoms with Crippen molar-refractivity contribution in [3.8, 4) is 0 Å². The van der Waals surface area contributed by atoms with Gasteiger partial charge in [-0.3, -0.25) is 10.7 Å². The average Bonchev–Trinajstić information content (AvgIpc) is 2.89. The van der Waals surface area contributed by atoms with Crippen LogP contribution in [-0.4, -0.2) is 53.0 Å². The van der Waals surface area contributed by atoms with Crippen molar-refractivity contribution in [3.05, 3.63) is 41.3 Å². The summed E-state index contributed by atoms with van der Waals surface area (Å²) in [6.45, 7) is 10.7. The van der Waals surface area contributed by atoms with Gasteiger partial charge in [0.1, 0.15) is 5.69 Å². The minimum Gasteiger partial charge on any atom is -0.593 e. The minimum atomic E-state index is -3.81. The predicted octanol–water partition coefficient (Wildman–Crippen LogP) is 5.86. The second-order valence-corrected chi connectivity index (χ2v) is 15.1. The molecule has 5 atom stereocenters. The van der Waals surface area contributed by atoms with Crippen LogP contribution in [0.25, 0.3) is 21.5 Å². The number of fused-ring (bicyclic) bond motifs is 2. The van der Waals surface area contributed by atoms with E-state index in [1.807, 2.05) is 18.2 Å². The lowest BCUT2D eigenvalue weighted by atomic mass is 9.94. The van der Waals surface area contributed by atoms with Crippen LogP contribution < -0.4 is 5.48 Å². The fraction of sp³-hybridized carbons (Fsp3) is 0.500. The highest BCUT2D eigenvalue weighted by Crippen LogP contribution is 2.43. The molecule has 9 nitrogen and oxygen atoms in total. The molecule has 210 valence electrons. The van der Waals surface area contributed by atoms with Crippen LogP contribution >= 0.6 is 0 Å². The van der Waals surface area contributed by atoms with E-state index in [2.05, 4.69) is 24.5 Å². The van der Waals surface area contributed by atoms with Gasteiger partial charge in [-0.15, -0.1) is 9.21 Å². The Labute approximate surface area is 232 Å². The largest absolute Gasteiger partial charge is 0.593 e. The van der Waals surface area contributed by atoms with E-state index in [0.717, 1.165) is 12.8 Å². The van der Waals surface area contributed by atoms with E-state index >= 15 is 0 Å². The van der Waals surface area contributed by atoms with Gasteiger partial charge in [0, 0.05) is 53.8 Å². The molecule has 3 aromatic rings. The van der Waals surface area contributed by atoms with Crippen LogP contribution in [0.1, 0.15) is 40.5 Å². The molecule has 2 saturated heterocycles. The maximum Gasteiger partial charge on any atom is 0.243 e. The molecule has 0 bridgehead atoms. The number of nitrogens with zero attached hydrogens (tertiary/aromatic N) is 3. The number of anilines is 1. The Balaban J connectivity index is 1.63. The number of nitroso groups, excluding NO2 is 1. The van der Waals surface area contributed by atoms with E-state index in [0.29, 0.717) is 70.1 Å². The van der Waals surface area contributed by atoms with Crippen LogP contribution in [0.2, 0.25) is 0 Å². The molecule has 2 aliphatic rings. The van der Waals surface area contributed by atoms with Gasteiger partial charge in [0.15, 0.2) is 4.90 Å². The highest BCUT2D eigenvalue weighted by atomic mass is 32.2. The first kappa shape index (κ1) is 28.3. The molecular formula is C28H36N4O5S2. The van der Waals surface area contributed by atoms with E-state index in [1.165, 1.54) is 16.4 Å². The Bertz CT molecular complexity index is 1500. The zero-order valence-corrected chi connectivity index (χ0v) is 24.4. The van der Waals surface area contributed by atoms with E-state index in [4.69, 9.17) is 0 Å². The monoisotopic (exact) mass is 572 g/mol. The molecule has 3 aromatic carbocycles. The summed E-state index contributed by atoms with van der Waals surface area (Å²) in [6.07, 6.45) is 2.06. The standard InChI is InChI=1S/C28H36N4O5S2/c1-17-9-18(2)14-31(13-17)38(35)21-5-7-23-25(11-21)28(30-34)26-12-22(6-8-24(26)27(23)29-33)39(36,37)32-15-19(3)10-20(4)16-32/h5-8,11-12,17-20,29,33H,9-10,13-16H2,1-4H3/t17-,18+,19-,20+,38?. The molecule has 0 aromatic heterocycles. The van der Waals surface area contributed by atoms with Gasteiger partial charge >= 0.3 is 0 Å². The fourth-order valence-electron chi connectivity index (χ4n) is 6.49. The molecule has 2 fully saturated rings. The number of nitrogens with one attached hydrogen (secondary N) is 1. The number of piperidine rings is 2. The predicted molar refractivity (Wildman–Crippen MR) is 155 cm³/mol. The molecule has 2 heterocycles. The first-order valence-corrected chi connectivity index (χ1v) is 16.0. The lowest BCUT2D eigenvalue weighted by molar-refractivity contribution is 0.222. The molecule has 5 rings (SSSR count). The zero-order chi connectivity index (χ0) is 28.1. The topological polar surface area (TPSA) is 125 Å². The second-order valence-electron chi connectivity index (χ2n) is 11.7. The number of benzene rings is 3. The molecule has 2 aliphatic heterocycles. The van der Waals surface area contributed by atoms with Crippen molar-refractivity contribution in [1.29, 1.82) is 0 Å². The fourth-order valence-corrected chi connectivity index (χ4v) is 9.68. The Hall–Kier alpha value is -2.28. The van der Waals surface area contributed by atoms with Gasteiger partial charge in [-0.2, -0.15) is 4.31 Å². The van der Waals surface area contributed by atoms with Crippen molar-refractivity contribution in [2.75, 3.05) is 31.7 Å². The minimum absolute atomic E-state index is 0.0515. The molecule has 1 unspecified atom stereocenters. The van der Waals surface area contributed by atoms with E-state index in [-0.39, 0.29) is 22.4 Å². The smallest absolute Gasteiger partial charge is 0.243 e. The first-order valence-electron chi connectivity index (χ1n) is 13.5. The zero-order valence-electron chi connectivity index (χ0n) is 22.8. The third-order valence-electron chi connectivity index (χ3n) is 7.98. The molecule has 11 heteroatoms. The first-order chi connectivity index (χ1) is 18.5. The van der Waals surface area contributed by atoms with Gasteiger partial charge in [-0.25, -0.2) is 8.42 Å². The van der Waals surface area contributed by atoms with E-state index in [9.17, 15) is 23.1 Å². The van der Waals surface area contributed by atoms with Crippen LogP contribution in [0.4, 0.5) is 11.4 Å². The number of sulfonamides is 1. The summed E-state index contributed by atoms with van der Waals surface area (Å²) in [6, 6.07) is 9.68. The number of hydrogen-bond acceptors (Lipinski definition) is 8. The summed E-state index contributed by atoms with van der Waals surface area (Å²) in [5, 5.41) is 15.1. The maximum absolute atomic E-state index is 13.6. The van der Waals surface area contributed by atoms with Crippen LogP contribution in [0.3, 0.4) is 0 Å². The summed E-state index contributed by atoms with van der Waals surface area (Å²) in [7, 11) is -3.81. The Morgan fingerprint density at radius 2 is 1.41 bits per heavy atom. The molecular weight excluding hydrogens is 536 g/mol. The molecule has 0 amide bonds. The van der Waals surface area contributed by atoms with Crippen molar-refractivity contribution < 1.29 is 18.2 Å². The van der Waals surface area contributed by atoms with Crippen molar-refractivity contribution in [2.45, 2.75) is 50.3 Å². The average molecular weight is 573 g/mol. The Morgan fingerprint density at radius 3 is 1.97 bits per heavy atom. The molecule has 0 saturated carbocycles. The third-order valence-corrected chi connectivity index (χ3v) is 11.2. The van der Waals surface area contributed by atoms with Crippen LogP contribution in [-0.2, 0) is 21.4 Å². The lowest BCUT2D eigenvalue weighted by Crippen LogP contribution is -2.42. The number of hydrogen-bond donors (Lipinski definition) is 2. The van der Waals surface area contributed by atoms with Crippen molar-refractivity contribution >= 4 is 54.3 Å². The Kier molecular flexibility index (Phi) is 7.93. The van der Waals surface area contributed by atoms with Crippen LogP contribution in [0.15, 0.2) is 51.4 Å². The number of rotatable bonds is 6. The van der Waals surface area contributed by atoms with Gasteiger partial charge in [0.2, 0.25) is 10.0 Å². The third kappa shape index (κ3) is 5.28. The Morgan fingerprint density at radius 1 is 0.872 bits per heavy atom. The van der Waals surface area contributed by atoms with Gasteiger partial charge in [0.05, 0.1) is 21.9 Å². The highest BCUT2D eigenvalue weighted by molar-refractivity contribution is 7.89. The molecule has 2 N–H and O–H groups in total. The molecule has 0 spiro atoms. The summed E-state index contributed by atoms with van der Waals surface area (Å²) in [4.78, 5) is 12.9. The van der Waals surface area contributed by atoms with Gasteiger partial charge in [-0.1, -0.05) is 33.8 Å². The normalized spacial score (nSPS) is 26.1. The van der Waals surface area contributed by atoms with Crippen LogP contribution in [0.5, 0.6) is 0 Å². The molecule has 0 radical (unpaired) electrons. The van der Waals surface area contributed by atoms with Crippen molar-refractivity contribution in [1.82, 2.24) is 8.61 Å². The van der Waals surface area contributed by atoms with Crippen molar-refractivity contribution in [2.24, 2.45) is 28.8 Å². The lowest BCUT2D eigenvalue weighted by Gasteiger charge is -2.34. The summed E-state index contributed by atoms with van der Waals surface area (Å²) < 4.78 is 44.2. The van der Waals surface area contributed by atoms with Gasteiger partial charge < -0.3 is 4.55 Å². The summed E-state index contributed by atoms with van der Waals surface area (Å²) in [5.41, 5.74) is 2.61. The maximum atomic E-state index is 13.6. The van der Waals surface area contributed by atoms with Gasteiger partial charge in [-0.05, 0) is 66.0 Å². The highest BCUT2D eigenvalue weighted by Gasteiger charge is 2.33. The molecule has 0 aliphatic carbocycles. The van der Waals surface area contributed by atoms with E-state index in [1.54, 1.807) is 24.3 Å². The van der Waals surface area contributed by atoms with Crippen molar-refractivity contribution in [3.63, 3.8) is 0 Å². The van der Waals surface area contributed by atoms with Crippen LogP contribution in [0, 0.1) is 28.6 Å². The van der Waals surface area contributed by atoms with E-state index < -0.39 is 21.4 Å². The summed E-state index contributed by atoms with van der Waals surface area (Å²) >= 11 is -1.44. The van der Waals surface area contributed by atoms with Gasteiger partial charge in [0.25, 0.3) is 0 Å². The quantitative estimate of drug-likeness (QED) is 0.164. The summed E-state index contributed by atoms with van der Waals surface area (Å²) in [5.74, 6) is 1.34.